The molecule has 1 amide bonds. The van der Waals surface area contributed by atoms with Crippen molar-refractivity contribution >= 4 is 11.9 Å². The fraction of sp³-hybridized carbons (Fsp3) is 0.930. The number of nitrogens with one attached hydrogen (secondary N) is 1. The fourth-order valence-electron chi connectivity index (χ4n) is 8.93. The van der Waals surface area contributed by atoms with Gasteiger partial charge in [-0.05, 0) is 51.4 Å². The topological polar surface area (TPSA) is 95.9 Å². The van der Waals surface area contributed by atoms with Crippen LogP contribution in [-0.4, -0.2) is 47.4 Å². The van der Waals surface area contributed by atoms with E-state index in [0.717, 1.165) is 44.9 Å². The number of unbranched alkanes of at least 4 members (excludes halogenated alkanes) is 40. The molecule has 0 aliphatic rings. The minimum Gasteiger partial charge on any atom is -0.466 e. The average Bonchev–Trinajstić information content (AvgIpc) is 3.28. The van der Waals surface area contributed by atoms with Crippen molar-refractivity contribution in [3.05, 3.63) is 12.2 Å². The van der Waals surface area contributed by atoms with Gasteiger partial charge in [0.1, 0.15) is 0 Å². The van der Waals surface area contributed by atoms with E-state index in [9.17, 15) is 19.8 Å². The molecule has 0 aromatic rings. The van der Waals surface area contributed by atoms with Gasteiger partial charge in [-0.2, -0.15) is 0 Å². The smallest absolute Gasteiger partial charge is 0.305 e. The first-order valence-corrected chi connectivity index (χ1v) is 28.4. The van der Waals surface area contributed by atoms with Crippen molar-refractivity contribution in [2.45, 2.75) is 328 Å². The Bertz CT molecular complexity index is 939. The summed E-state index contributed by atoms with van der Waals surface area (Å²) in [6.45, 7) is 4.92. The highest BCUT2D eigenvalue weighted by Gasteiger charge is 2.20. The van der Waals surface area contributed by atoms with E-state index in [4.69, 9.17) is 4.74 Å². The quantitative estimate of drug-likeness (QED) is 0.0321. The van der Waals surface area contributed by atoms with E-state index >= 15 is 0 Å². The van der Waals surface area contributed by atoms with Crippen LogP contribution >= 0.6 is 0 Å². The molecule has 0 aliphatic heterocycles. The van der Waals surface area contributed by atoms with Gasteiger partial charge in [0.25, 0.3) is 0 Å². The zero-order valence-electron chi connectivity index (χ0n) is 42.6. The van der Waals surface area contributed by atoms with Gasteiger partial charge < -0.3 is 20.3 Å². The summed E-state index contributed by atoms with van der Waals surface area (Å²) in [5.41, 5.74) is 0. The van der Waals surface area contributed by atoms with Gasteiger partial charge in [-0.1, -0.05) is 264 Å². The molecule has 0 spiro atoms. The Morgan fingerprint density at radius 1 is 0.429 bits per heavy atom. The predicted molar refractivity (Wildman–Crippen MR) is 273 cm³/mol. The Hall–Kier alpha value is -1.40. The number of amides is 1. The van der Waals surface area contributed by atoms with Crippen LogP contribution in [0.15, 0.2) is 12.2 Å². The molecule has 3 N–H and O–H groups in total. The van der Waals surface area contributed by atoms with Gasteiger partial charge in [-0.15, -0.1) is 0 Å². The second-order valence-corrected chi connectivity index (χ2v) is 19.6. The first-order valence-electron chi connectivity index (χ1n) is 28.4. The Balaban J connectivity index is 3.34. The van der Waals surface area contributed by atoms with Crippen LogP contribution in [-0.2, 0) is 14.3 Å². The van der Waals surface area contributed by atoms with Gasteiger partial charge >= 0.3 is 5.97 Å². The third-order valence-corrected chi connectivity index (χ3v) is 13.3. The number of carbonyl (C=O) groups is 2. The molecule has 0 aliphatic carbocycles. The van der Waals surface area contributed by atoms with Gasteiger partial charge in [0.05, 0.1) is 25.4 Å². The van der Waals surface area contributed by atoms with Crippen molar-refractivity contribution in [3.8, 4) is 0 Å². The number of aliphatic hydroxyl groups excluding tert-OH is 2. The summed E-state index contributed by atoms with van der Waals surface area (Å²) in [6.07, 6.45) is 62.1. The van der Waals surface area contributed by atoms with Crippen LogP contribution in [0.25, 0.3) is 0 Å². The molecular formula is C57H111NO5. The number of esters is 1. The minimum atomic E-state index is -0.660. The van der Waals surface area contributed by atoms with Gasteiger partial charge in [0.2, 0.25) is 5.91 Å². The van der Waals surface area contributed by atoms with Crippen molar-refractivity contribution in [1.29, 1.82) is 0 Å². The molecule has 0 saturated carbocycles. The maximum Gasteiger partial charge on any atom is 0.305 e. The van der Waals surface area contributed by atoms with E-state index < -0.39 is 12.1 Å². The van der Waals surface area contributed by atoms with E-state index in [1.807, 2.05) is 0 Å². The summed E-state index contributed by atoms with van der Waals surface area (Å²) in [6, 6.07) is -0.538. The molecule has 0 saturated heterocycles. The summed E-state index contributed by atoms with van der Waals surface area (Å²) in [5, 5.41) is 23.1. The molecule has 6 heteroatoms. The van der Waals surface area contributed by atoms with Crippen LogP contribution < -0.4 is 5.32 Å². The van der Waals surface area contributed by atoms with Crippen LogP contribution in [0.2, 0.25) is 0 Å². The Morgan fingerprint density at radius 3 is 1.16 bits per heavy atom. The van der Waals surface area contributed by atoms with Crippen LogP contribution in [0.1, 0.15) is 316 Å². The number of ether oxygens (including phenoxy) is 1. The van der Waals surface area contributed by atoms with E-state index in [2.05, 4.69) is 31.3 Å². The number of carbonyl (C=O) groups excluding carboxylic acids is 2. The number of hydrogen-bond donors (Lipinski definition) is 3. The van der Waals surface area contributed by atoms with Gasteiger partial charge in [0, 0.05) is 12.8 Å². The molecule has 374 valence electrons. The van der Waals surface area contributed by atoms with Crippen molar-refractivity contribution in [3.63, 3.8) is 0 Å². The van der Waals surface area contributed by atoms with Crippen LogP contribution in [0.4, 0.5) is 0 Å². The first kappa shape index (κ1) is 61.6. The number of hydrogen-bond acceptors (Lipinski definition) is 5. The first-order chi connectivity index (χ1) is 31.0. The molecule has 2 unspecified atom stereocenters. The number of rotatable bonds is 53. The SMILES string of the molecule is CCCCC/C=C\CCCCCCCC(=O)OCCCCCCCCCCCCCCCCCCCCCCCCCCC(=O)NC(CO)C(O)CCCCCCCCCCCC. The molecule has 2 atom stereocenters. The lowest BCUT2D eigenvalue weighted by atomic mass is 10.0. The zero-order valence-corrected chi connectivity index (χ0v) is 42.6. The second kappa shape index (κ2) is 53.2. The molecular weight excluding hydrogens is 779 g/mol. The van der Waals surface area contributed by atoms with E-state index in [0.29, 0.717) is 25.9 Å². The van der Waals surface area contributed by atoms with Gasteiger partial charge in [-0.3, -0.25) is 9.59 Å². The third kappa shape index (κ3) is 49.9. The lowest BCUT2D eigenvalue weighted by Crippen LogP contribution is -2.45. The molecule has 0 radical (unpaired) electrons. The highest BCUT2D eigenvalue weighted by Crippen LogP contribution is 2.17. The molecule has 6 nitrogen and oxygen atoms in total. The molecule has 0 bridgehead atoms. The van der Waals surface area contributed by atoms with E-state index in [-0.39, 0.29) is 18.5 Å². The van der Waals surface area contributed by atoms with Gasteiger partial charge in [0.15, 0.2) is 0 Å². The number of aliphatic hydroxyl groups is 2. The van der Waals surface area contributed by atoms with Crippen LogP contribution in [0, 0.1) is 0 Å². The van der Waals surface area contributed by atoms with Crippen molar-refractivity contribution in [2.24, 2.45) is 0 Å². The van der Waals surface area contributed by atoms with Crippen molar-refractivity contribution in [2.75, 3.05) is 13.2 Å². The lowest BCUT2D eigenvalue weighted by Gasteiger charge is -2.22. The fourth-order valence-corrected chi connectivity index (χ4v) is 8.93. The lowest BCUT2D eigenvalue weighted by molar-refractivity contribution is -0.143. The summed E-state index contributed by atoms with van der Waals surface area (Å²) in [4.78, 5) is 24.4. The molecule has 0 aromatic heterocycles. The van der Waals surface area contributed by atoms with Crippen LogP contribution in [0.5, 0.6) is 0 Å². The zero-order chi connectivity index (χ0) is 45.8. The molecule has 63 heavy (non-hydrogen) atoms. The van der Waals surface area contributed by atoms with Crippen LogP contribution in [0.3, 0.4) is 0 Å². The largest absolute Gasteiger partial charge is 0.466 e. The van der Waals surface area contributed by atoms with E-state index in [1.165, 1.54) is 238 Å². The summed E-state index contributed by atoms with van der Waals surface area (Å²) >= 11 is 0. The number of allylic oxidation sites excluding steroid dienone is 2. The summed E-state index contributed by atoms with van der Waals surface area (Å²) in [5.74, 6) is -0.0291. The second-order valence-electron chi connectivity index (χ2n) is 19.6. The van der Waals surface area contributed by atoms with Gasteiger partial charge in [-0.25, -0.2) is 0 Å². The third-order valence-electron chi connectivity index (χ3n) is 13.3. The van der Waals surface area contributed by atoms with Crippen molar-refractivity contribution in [1.82, 2.24) is 5.32 Å². The summed E-state index contributed by atoms with van der Waals surface area (Å²) < 4.78 is 5.46. The molecule has 0 aromatic carbocycles. The normalized spacial score (nSPS) is 12.6. The average molecular weight is 891 g/mol. The maximum absolute atomic E-state index is 12.4. The highest BCUT2D eigenvalue weighted by atomic mass is 16.5. The molecule has 0 heterocycles. The molecule has 0 rings (SSSR count). The maximum atomic E-state index is 12.4. The minimum absolute atomic E-state index is 0.00547. The Morgan fingerprint density at radius 2 is 0.746 bits per heavy atom. The van der Waals surface area contributed by atoms with Crippen molar-refractivity contribution < 1.29 is 24.5 Å². The van der Waals surface area contributed by atoms with E-state index in [1.54, 1.807) is 0 Å². The Kier molecular flexibility index (Phi) is 52.0. The monoisotopic (exact) mass is 890 g/mol. The molecule has 0 fully saturated rings. The highest BCUT2D eigenvalue weighted by molar-refractivity contribution is 5.76. The predicted octanol–water partition coefficient (Wildman–Crippen LogP) is 17.3. The Labute approximate surface area is 393 Å². The summed E-state index contributed by atoms with van der Waals surface area (Å²) in [7, 11) is 0. The standard InChI is InChI=1S/C57H111NO5/c1-3-5-7-9-11-13-15-31-35-39-43-47-51-57(62)63-52-48-44-40-36-32-29-27-25-23-21-19-17-16-18-20-22-24-26-28-30-34-38-42-46-50-56(61)58-54(53-59)55(60)49-45-41-37-33-14-12-10-8-6-4-2/h11,13,54-55,59-60H,3-10,12,14-53H2,1-2H3,(H,58,61)/b13-11-.